The van der Waals surface area contributed by atoms with Gasteiger partial charge in [-0.15, -0.1) is 0 Å². The zero-order chi connectivity index (χ0) is 21.8. The molecule has 1 aromatic heterocycles. The Morgan fingerprint density at radius 2 is 2.00 bits per heavy atom. The molecular formula is C23H21N3O5. The molecule has 1 fully saturated rings. The van der Waals surface area contributed by atoms with Gasteiger partial charge >= 0.3 is 0 Å². The maximum Gasteiger partial charge on any atom is 0.254 e. The zero-order valence-corrected chi connectivity index (χ0v) is 16.9. The van der Waals surface area contributed by atoms with Crippen LogP contribution in [0, 0.1) is 0 Å². The number of nitrogens with one attached hydrogen (secondary N) is 1. The lowest BCUT2D eigenvalue weighted by atomic mass is 9.91. The molecule has 2 amide bonds. The second-order valence-electron chi connectivity index (χ2n) is 7.92. The summed E-state index contributed by atoms with van der Waals surface area (Å²) < 4.78 is 11.2. The molecule has 0 unspecified atom stereocenters. The third kappa shape index (κ3) is 2.98. The first-order chi connectivity index (χ1) is 14.9. The van der Waals surface area contributed by atoms with Gasteiger partial charge in [-0.1, -0.05) is 12.1 Å². The SMILES string of the molecule is COc1ccc2c(c1)C(=O)N(C[C@@]1(c3cc4cc(CN)ccc4o3)NC(=O)CC1=O)C2. The summed E-state index contributed by atoms with van der Waals surface area (Å²) in [5.74, 6) is -0.0321. The number of nitrogens with zero attached hydrogens (tertiary/aromatic N) is 1. The average Bonchev–Trinajstić information content (AvgIpc) is 3.41. The van der Waals surface area contributed by atoms with E-state index in [9.17, 15) is 14.4 Å². The Balaban J connectivity index is 1.54. The highest BCUT2D eigenvalue weighted by atomic mass is 16.5. The normalized spacial score (nSPS) is 20.5. The Morgan fingerprint density at radius 3 is 2.71 bits per heavy atom. The Morgan fingerprint density at radius 1 is 1.16 bits per heavy atom. The van der Waals surface area contributed by atoms with Crippen LogP contribution < -0.4 is 15.8 Å². The third-order valence-corrected chi connectivity index (χ3v) is 6.01. The van der Waals surface area contributed by atoms with Crippen molar-refractivity contribution in [2.24, 2.45) is 5.73 Å². The Labute approximate surface area is 177 Å². The average molecular weight is 419 g/mol. The molecule has 3 N–H and O–H groups in total. The minimum Gasteiger partial charge on any atom is -0.497 e. The molecule has 0 bridgehead atoms. The van der Waals surface area contributed by atoms with Crippen molar-refractivity contribution in [3.63, 3.8) is 0 Å². The molecule has 3 heterocycles. The molecule has 1 atom stereocenters. The number of furan rings is 1. The number of amides is 2. The van der Waals surface area contributed by atoms with Crippen LogP contribution in [-0.4, -0.2) is 36.2 Å². The fourth-order valence-electron chi connectivity index (χ4n) is 4.36. The summed E-state index contributed by atoms with van der Waals surface area (Å²) in [4.78, 5) is 39.9. The van der Waals surface area contributed by atoms with E-state index in [1.54, 1.807) is 29.2 Å². The van der Waals surface area contributed by atoms with E-state index in [1.165, 1.54) is 7.11 Å². The molecule has 158 valence electrons. The van der Waals surface area contributed by atoms with Crippen LogP contribution in [0.1, 0.15) is 33.7 Å². The highest BCUT2D eigenvalue weighted by Gasteiger charge is 2.52. The lowest BCUT2D eigenvalue weighted by Gasteiger charge is -2.30. The number of benzene rings is 2. The first-order valence-electron chi connectivity index (χ1n) is 9.97. The number of methoxy groups -OCH3 is 1. The number of rotatable bonds is 5. The van der Waals surface area contributed by atoms with Crippen LogP contribution in [0.4, 0.5) is 0 Å². The van der Waals surface area contributed by atoms with Crippen molar-refractivity contribution in [3.8, 4) is 5.75 Å². The van der Waals surface area contributed by atoms with E-state index in [0.29, 0.717) is 35.7 Å². The molecule has 3 aromatic rings. The van der Waals surface area contributed by atoms with Crippen molar-refractivity contribution in [2.75, 3.05) is 13.7 Å². The van der Waals surface area contributed by atoms with E-state index < -0.39 is 5.54 Å². The van der Waals surface area contributed by atoms with E-state index in [4.69, 9.17) is 14.9 Å². The molecule has 31 heavy (non-hydrogen) atoms. The quantitative estimate of drug-likeness (QED) is 0.610. The van der Waals surface area contributed by atoms with Crippen molar-refractivity contribution in [3.05, 3.63) is 64.9 Å². The summed E-state index contributed by atoms with van der Waals surface area (Å²) in [6.07, 6.45) is -0.256. The number of Topliss-reactive ketones (excluding diaryl/α,β-unsaturated/α-hetero) is 1. The van der Waals surface area contributed by atoms with E-state index in [0.717, 1.165) is 16.5 Å². The number of hydrogen-bond donors (Lipinski definition) is 2. The van der Waals surface area contributed by atoms with Crippen LogP contribution in [0.25, 0.3) is 11.0 Å². The predicted octanol–water partition coefficient (Wildman–Crippen LogP) is 1.84. The van der Waals surface area contributed by atoms with Crippen molar-refractivity contribution in [1.29, 1.82) is 0 Å². The zero-order valence-electron chi connectivity index (χ0n) is 16.9. The fraction of sp³-hybridized carbons (Fsp3) is 0.261. The van der Waals surface area contributed by atoms with Gasteiger partial charge in [0, 0.05) is 24.0 Å². The van der Waals surface area contributed by atoms with Gasteiger partial charge in [-0.05, 0) is 41.5 Å². The van der Waals surface area contributed by atoms with Gasteiger partial charge in [0.05, 0.1) is 20.1 Å². The van der Waals surface area contributed by atoms with Crippen LogP contribution in [-0.2, 0) is 28.2 Å². The van der Waals surface area contributed by atoms with Crippen molar-refractivity contribution in [2.45, 2.75) is 25.0 Å². The first kappa shape index (κ1) is 19.3. The highest BCUT2D eigenvalue weighted by molar-refractivity contribution is 6.11. The molecule has 2 aliphatic heterocycles. The number of nitrogens with two attached hydrogens (primary N) is 1. The van der Waals surface area contributed by atoms with Gasteiger partial charge in [0.2, 0.25) is 5.91 Å². The van der Waals surface area contributed by atoms with Crippen LogP contribution in [0.5, 0.6) is 5.75 Å². The van der Waals surface area contributed by atoms with Gasteiger partial charge in [-0.25, -0.2) is 0 Å². The maximum atomic E-state index is 13.1. The standard InChI is InChI=1S/C23H21N3O5/c1-30-16-4-3-14-11-26(22(29)17(14)8-16)12-23(19(27)9-21(28)25-23)20-7-15-6-13(10-24)2-5-18(15)31-20/h2-8H,9-12,24H2,1H3,(H,25,28)/t23-/m1/s1. The second-order valence-corrected chi connectivity index (χ2v) is 7.92. The molecule has 0 aliphatic carbocycles. The number of carbonyl (C=O) groups excluding carboxylic acids is 3. The summed E-state index contributed by atoms with van der Waals surface area (Å²) in [5.41, 5.74) is 7.18. The molecule has 8 nitrogen and oxygen atoms in total. The van der Waals surface area contributed by atoms with Gasteiger partial charge in [0.15, 0.2) is 11.3 Å². The lowest BCUT2D eigenvalue weighted by molar-refractivity contribution is -0.124. The minimum atomic E-state index is -1.43. The number of fused-ring (bicyclic) bond motifs is 2. The highest BCUT2D eigenvalue weighted by Crippen LogP contribution is 2.36. The molecular weight excluding hydrogens is 398 g/mol. The largest absolute Gasteiger partial charge is 0.497 e. The third-order valence-electron chi connectivity index (χ3n) is 6.01. The monoisotopic (exact) mass is 419 g/mol. The maximum absolute atomic E-state index is 13.1. The van der Waals surface area contributed by atoms with Crippen LogP contribution in [0.15, 0.2) is 46.9 Å². The molecule has 8 heteroatoms. The van der Waals surface area contributed by atoms with Crippen LogP contribution in [0.2, 0.25) is 0 Å². The second kappa shape index (κ2) is 6.95. The Bertz CT molecular complexity index is 1250. The van der Waals surface area contributed by atoms with E-state index in [2.05, 4.69) is 5.32 Å². The predicted molar refractivity (Wildman–Crippen MR) is 111 cm³/mol. The summed E-state index contributed by atoms with van der Waals surface area (Å²) >= 11 is 0. The van der Waals surface area contributed by atoms with Gasteiger partial charge in [-0.2, -0.15) is 0 Å². The van der Waals surface area contributed by atoms with E-state index in [-0.39, 0.29) is 30.6 Å². The van der Waals surface area contributed by atoms with Crippen LogP contribution >= 0.6 is 0 Å². The van der Waals surface area contributed by atoms with E-state index >= 15 is 0 Å². The molecule has 5 rings (SSSR count). The number of hydrogen-bond acceptors (Lipinski definition) is 6. The topological polar surface area (TPSA) is 115 Å². The number of ether oxygens (including phenoxy) is 1. The number of ketones is 1. The Hall–Kier alpha value is -3.65. The molecule has 1 saturated heterocycles. The van der Waals surface area contributed by atoms with E-state index in [1.807, 2.05) is 18.2 Å². The number of carbonyl (C=O) groups is 3. The smallest absolute Gasteiger partial charge is 0.254 e. The molecule has 0 radical (unpaired) electrons. The lowest BCUT2D eigenvalue weighted by Crippen LogP contribution is -2.52. The Kier molecular flexibility index (Phi) is 4.33. The fourth-order valence-corrected chi connectivity index (χ4v) is 4.36. The molecule has 0 spiro atoms. The first-order valence-corrected chi connectivity index (χ1v) is 9.97. The summed E-state index contributed by atoms with van der Waals surface area (Å²) in [6.45, 7) is 0.693. The summed E-state index contributed by atoms with van der Waals surface area (Å²) in [6, 6.07) is 12.6. The minimum absolute atomic E-state index is 0.0169. The molecule has 2 aromatic carbocycles. The van der Waals surface area contributed by atoms with Crippen molar-refractivity contribution >= 4 is 28.6 Å². The molecule has 0 saturated carbocycles. The summed E-state index contributed by atoms with van der Waals surface area (Å²) in [5, 5.41) is 3.58. The van der Waals surface area contributed by atoms with Crippen LogP contribution in [0.3, 0.4) is 0 Å². The molecule has 2 aliphatic rings. The summed E-state index contributed by atoms with van der Waals surface area (Å²) in [7, 11) is 1.54. The van der Waals surface area contributed by atoms with Crippen molar-refractivity contribution < 1.29 is 23.5 Å². The van der Waals surface area contributed by atoms with Gasteiger partial charge < -0.3 is 25.1 Å². The van der Waals surface area contributed by atoms with Gasteiger partial charge in [-0.3, -0.25) is 14.4 Å². The van der Waals surface area contributed by atoms with Gasteiger partial charge in [0.25, 0.3) is 5.91 Å². The van der Waals surface area contributed by atoms with Crippen molar-refractivity contribution in [1.82, 2.24) is 10.2 Å². The van der Waals surface area contributed by atoms with Gasteiger partial charge in [0.1, 0.15) is 17.1 Å².